The third-order valence-electron chi connectivity index (χ3n) is 3.97. The number of amides is 1. The molecule has 1 aliphatic heterocycles. The number of nitrogens with zero attached hydrogens (tertiary/aromatic N) is 1. The second-order valence-corrected chi connectivity index (χ2v) is 5.71. The first kappa shape index (κ1) is 15.9. The van der Waals surface area contributed by atoms with Crippen molar-refractivity contribution in [3.63, 3.8) is 0 Å². The topological polar surface area (TPSA) is 32.3 Å². The third-order valence-corrected chi connectivity index (χ3v) is 3.97. The summed E-state index contributed by atoms with van der Waals surface area (Å²) in [7, 11) is 0. The van der Waals surface area contributed by atoms with E-state index in [0.29, 0.717) is 39.0 Å². The Hall–Kier alpha value is -1.49. The molecule has 1 aromatic carbocycles. The number of hydrogen-bond donors (Lipinski definition) is 1. The average Bonchev–Trinajstić information content (AvgIpc) is 2.47. The van der Waals surface area contributed by atoms with Gasteiger partial charge in [0.15, 0.2) is 0 Å². The van der Waals surface area contributed by atoms with Gasteiger partial charge < -0.3 is 5.32 Å². The molecule has 0 atom stereocenters. The predicted octanol–water partition coefficient (Wildman–Crippen LogP) is 2.59. The van der Waals surface area contributed by atoms with E-state index in [1.54, 1.807) is 0 Å². The molecule has 1 aliphatic rings. The molecule has 1 heterocycles. The van der Waals surface area contributed by atoms with Gasteiger partial charge in [-0.05, 0) is 38.4 Å². The van der Waals surface area contributed by atoms with Gasteiger partial charge in [-0.1, -0.05) is 29.8 Å². The number of aryl methyl sites for hydroxylation is 1. The van der Waals surface area contributed by atoms with E-state index < -0.39 is 12.3 Å². The summed E-state index contributed by atoms with van der Waals surface area (Å²) in [5, 5.41) is 2.87. The van der Waals surface area contributed by atoms with Crippen LogP contribution in [-0.4, -0.2) is 36.9 Å². The number of carbonyl (C=O) groups is 1. The van der Waals surface area contributed by atoms with Crippen LogP contribution in [0.25, 0.3) is 0 Å². The van der Waals surface area contributed by atoms with Crippen molar-refractivity contribution in [2.24, 2.45) is 5.92 Å². The molecule has 1 fully saturated rings. The maximum Gasteiger partial charge on any atom is 0.241 e. The summed E-state index contributed by atoms with van der Waals surface area (Å²) in [5.74, 6) is -0.553. The highest BCUT2D eigenvalue weighted by Crippen LogP contribution is 2.23. The van der Waals surface area contributed by atoms with Crippen LogP contribution in [0.3, 0.4) is 0 Å². The molecular weight excluding hydrogens is 274 g/mol. The number of halogens is 2. The van der Waals surface area contributed by atoms with E-state index in [4.69, 9.17) is 0 Å². The first-order chi connectivity index (χ1) is 10.0. The second kappa shape index (κ2) is 7.50. The van der Waals surface area contributed by atoms with Crippen molar-refractivity contribution in [2.75, 3.05) is 19.6 Å². The molecule has 1 saturated heterocycles. The van der Waals surface area contributed by atoms with Gasteiger partial charge in [-0.25, -0.2) is 8.78 Å². The standard InChI is InChI=1S/C16H22F2N2O/c1-12-2-4-13(5-3-12)10-19-15(21)11-20-8-6-14(7-9-20)16(17)18/h2-5,14,16H,6-11H2,1H3,(H,19,21). The molecule has 5 heteroatoms. The number of likely N-dealkylation sites (tertiary alicyclic amines) is 1. The van der Waals surface area contributed by atoms with Crippen LogP contribution in [0.2, 0.25) is 0 Å². The van der Waals surface area contributed by atoms with Crippen molar-refractivity contribution >= 4 is 5.91 Å². The fourth-order valence-corrected chi connectivity index (χ4v) is 2.53. The minimum absolute atomic E-state index is 0.0499. The normalized spacial score (nSPS) is 17.1. The van der Waals surface area contributed by atoms with Gasteiger partial charge in [0.05, 0.1) is 6.54 Å². The largest absolute Gasteiger partial charge is 0.351 e. The zero-order valence-corrected chi connectivity index (χ0v) is 12.3. The summed E-state index contributed by atoms with van der Waals surface area (Å²) in [6, 6.07) is 8.00. The zero-order valence-electron chi connectivity index (χ0n) is 12.3. The van der Waals surface area contributed by atoms with Crippen molar-refractivity contribution < 1.29 is 13.6 Å². The van der Waals surface area contributed by atoms with Gasteiger partial charge in [0.25, 0.3) is 0 Å². The molecule has 1 aromatic rings. The molecule has 2 rings (SSSR count). The summed E-state index contributed by atoms with van der Waals surface area (Å²) in [6.45, 7) is 3.97. The summed E-state index contributed by atoms with van der Waals surface area (Å²) >= 11 is 0. The van der Waals surface area contributed by atoms with Gasteiger partial charge >= 0.3 is 0 Å². The number of alkyl halides is 2. The van der Waals surface area contributed by atoms with Crippen LogP contribution < -0.4 is 5.32 Å². The summed E-state index contributed by atoms with van der Waals surface area (Å²) in [6.07, 6.45) is -1.28. The van der Waals surface area contributed by atoms with Gasteiger partial charge in [-0.15, -0.1) is 0 Å². The van der Waals surface area contributed by atoms with Crippen LogP contribution in [0.5, 0.6) is 0 Å². The quantitative estimate of drug-likeness (QED) is 0.906. The number of nitrogens with one attached hydrogen (secondary N) is 1. The number of benzene rings is 1. The van der Waals surface area contributed by atoms with Crippen LogP contribution in [0, 0.1) is 12.8 Å². The van der Waals surface area contributed by atoms with Gasteiger partial charge in [-0.2, -0.15) is 0 Å². The minimum atomic E-state index is -2.23. The average molecular weight is 296 g/mol. The molecule has 0 saturated carbocycles. The van der Waals surface area contributed by atoms with Crippen molar-refractivity contribution in [3.8, 4) is 0 Å². The van der Waals surface area contributed by atoms with E-state index in [0.717, 1.165) is 5.56 Å². The summed E-state index contributed by atoms with van der Waals surface area (Å²) in [5.41, 5.74) is 2.25. The molecule has 0 unspecified atom stereocenters. The van der Waals surface area contributed by atoms with Crippen LogP contribution in [-0.2, 0) is 11.3 Å². The van der Waals surface area contributed by atoms with Crippen LogP contribution in [0.4, 0.5) is 8.78 Å². The van der Waals surface area contributed by atoms with Crippen LogP contribution in [0.1, 0.15) is 24.0 Å². The minimum Gasteiger partial charge on any atom is -0.351 e. The Bertz CT molecular complexity index is 454. The molecule has 0 bridgehead atoms. The molecule has 3 nitrogen and oxygen atoms in total. The van der Waals surface area contributed by atoms with Crippen molar-refractivity contribution in [3.05, 3.63) is 35.4 Å². The van der Waals surface area contributed by atoms with Gasteiger partial charge in [0.1, 0.15) is 0 Å². The Kier molecular flexibility index (Phi) is 5.67. The lowest BCUT2D eigenvalue weighted by Gasteiger charge is -2.30. The number of piperidine rings is 1. The van der Waals surface area contributed by atoms with Crippen LogP contribution in [0.15, 0.2) is 24.3 Å². The zero-order chi connectivity index (χ0) is 15.2. The first-order valence-electron chi connectivity index (χ1n) is 7.37. The molecule has 116 valence electrons. The van der Waals surface area contributed by atoms with Crippen molar-refractivity contribution in [1.29, 1.82) is 0 Å². The number of hydrogen-bond acceptors (Lipinski definition) is 2. The Labute approximate surface area is 124 Å². The Morgan fingerprint density at radius 1 is 1.29 bits per heavy atom. The van der Waals surface area contributed by atoms with Gasteiger partial charge in [0.2, 0.25) is 12.3 Å². The van der Waals surface area contributed by atoms with Gasteiger partial charge in [0, 0.05) is 12.5 Å². The molecule has 1 amide bonds. The molecule has 0 radical (unpaired) electrons. The number of rotatable bonds is 5. The molecule has 0 aliphatic carbocycles. The lowest BCUT2D eigenvalue weighted by atomic mass is 9.97. The molecule has 21 heavy (non-hydrogen) atoms. The van der Waals surface area contributed by atoms with Gasteiger partial charge in [-0.3, -0.25) is 9.69 Å². The third kappa shape index (κ3) is 5.08. The van der Waals surface area contributed by atoms with Crippen molar-refractivity contribution in [1.82, 2.24) is 10.2 Å². The molecule has 0 spiro atoms. The van der Waals surface area contributed by atoms with E-state index in [2.05, 4.69) is 5.32 Å². The first-order valence-corrected chi connectivity index (χ1v) is 7.37. The fourth-order valence-electron chi connectivity index (χ4n) is 2.53. The number of carbonyl (C=O) groups excluding carboxylic acids is 1. The molecular formula is C16H22F2N2O. The SMILES string of the molecule is Cc1ccc(CNC(=O)CN2CCC(C(F)F)CC2)cc1. The Morgan fingerprint density at radius 3 is 2.48 bits per heavy atom. The fraction of sp³-hybridized carbons (Fsp3) is 0.562. The summed E-state index contributed by atoms with van der Waals surface area (Å²) < 4.78 is 25.1. The molecule has 1 N–H and O–H groups in total. The second-order valence-electron chi connectivity index (χ2n) is 5.71. The smallest absolute Gasteiger partial charge is 0.241 e. The van der Waals surface area contributed by atoms with E-state index in [-0.39, 0.29) is 5.91 Å². The monoisotopic (exact) mass is 296 g/mol. The molecule has 0 aromatic heterocycles. The summed E-state index contributed by atoms with van der Waals surface area (Å²) in [4.78, 5) is 13.8. The lowest BCUT2D eigenvalue weighted by molar-refractivity contribution is -0.122. The van der Waals surface area contributed by atoms with E-state index in [1.807, 2.05) is 36.1 Å². The highest BCUT2D eigenvalue weighted by Gasteiger charge is 2.26. The highest BCUT2D eigenvalue weighted by molar-refractivity contribution is 5.78. The maximum atomic E-state index is 12.5. The lowest BCUT2D eigenvalue weighted by Crippen LogP contribution is -2.42. The van der Waals surface area contributed by atoms with Crippen LogP contribution >= 0.6 is 0 Å². The predicted molar refractivity (Wildman–Crippen MR) is 78.2 cm³/mol. The highest BCUT2D eigenvalue weighted by atomic mass is 19.3. The van der Waals surface area contributed by atoms with Crippen molar-refractivity contribution in [2.45, 2.75) is 32.7 Å². The Morgan fingerprint density at radius 2 is 1.90 bits per heavy atom. The Balaban J connectivity index is 1.69. The van der Waals surface area contributed by atoms with E-state index >= 15 is 0 Å². The van der Waals surface area contributed by atoms with E-state index in [1.165, 1.54) is 5.56 Å². The van der Waals surface area contributed by atoms with E-state index in [9.17, 15) is 13.6 Å². The maximum absolute atomic E-state index is 12.5.